The Morgan fingerprint density at radius 1 is 1.09 bits per heavy atom. The van der Waals surface area contributed by atoms with Gasteiger partial charge in [0.25, 0.3) is 0 Å². The Bertz CT molecular complexity index is 1050. The molecule has 7 heteroatoms. The lowest BCUT2D eigenvalue weighted by Crippen LogP contribution is -2.14. The van der Waals surface area contributed by atoms with Crippen molar-refractivity contribution in [3.05, 3.63) is 52.9 Å². The summed E-state index contributed by atoms with van der Waals surface area (Å²) in [5.41, 5.74) is 1.35. The molecule has 2 heterocycles. The van der Waals surface area contributed by atoms with Gasteiger partial charge in [-0.2, -0.15) is 4.98 Å². The molecule has 0 radical (unpaired) electrons. The highest BCUT2D eigenvalue weighted by molar-refractivity contribution is 7.98. The molecule has 0 fully saturated rings. The van der Waals surface area contributed by atoms with E-state index in [4.69, 9.17) is 0 Å². The van der Waals surface area contributed by atoms with Crippen LogP contribution in [0.1, 0.15) is 0 Å². The Labute approximate surface area is 129 Å². The maximum Gasteiger partial charge on any atom is 0.333 e. The third-order valence-corrected chi connectivity index (χ3v) is 4.00. The van der Waals surface area contributed by atoms with Gasteiger partial charge in [-0.25, -0.2) is 9.36 Å². The number of nitrogens with one attached hydrogen (secondary N) is 1. The number of rotatable bonds is 2. The van der Waals surface area contributed by atoms with Crippen molar-refractivity contribution in [2.45, 2.75) is 5.16 Å². The van der Waals surface area contributed by atoms with Gasteiger partial charge in [-0.3, -0.25) is 4.98 Å². The van der Waals surface area contributed by atoms with Crippen LogP contribution in [0, 0.1) is 0 Å². The third kappa shape index (κ3) is 1.98. The van der Waals surface area contributed by atoms with Crippen LogP contribution in [0.4, 0.5) is 0 Å². The van der Waals surface area contributed by atoms with Crippen LogP contribution in [0.25, 0.3) is 27.8 Å². The first-order valence-corrected chi connectivity index (χ1v) is 7.87. The summed E-state index contributed by atoms with van der Waals surface area (Å²) in [6.45, 7) is 0. The zero-order valence-corrected chi connectivity index (χ0v) is 12.5. The first kappa shape index (κ1) is 13.0. The SMILES string of the molecule is CSc1nnc2[nH]c(=O)n(-c3ccc4ccccc4c3)c2n1. The lowest BCUT2D eigenvalue weighted by molar-refractivity contribution is 0.866. The van der Waals surface area contributed by atoms with Gasteiger partial charge in [0.2, 0.25) is 10.8 Å². The Morgan fingerprint density at radius 2 is 1.91 bits per heavy atom. The van der Waals surface area contributed by atoms with Crippen molar-refractivity contribution in [2.75, 3.05) is 6.26 Å². The predicted octanol–water partition coefficient (Wildman–Crippen LogP) is 2.38. The third-order valence-electron chi connectivity index (χ3n) is 3.46. The van der Waals surface area contributed by atoms with Gasteiger partial charge in [0.1, 0.15) is 0 Å². The molecule has 4 aromatic rings. The van der Waals surface area contributed by atoms with Crippen LogP contribution in [-0.2, 0) is 0 Å². The summed E-state index contributed by atoms with van der Waals surface area (Å²) in [6.07, 6.45) is 1.87. The van der Waals surface area contributed by atoms with Crippen molar-refractivity contribution in [1.82, 2.24) is 24.7 Å². The number of aromatic amines is 1. The van der Waals surface area contributed by atoms with Crippen molar-refractivity contribution < 1.29 is 0 Å². The molecular weight excluding hydrogens is 298 g/mol. The van der Waals surface area contributed by atoms with Crippen LogP contribution in [0.5, 0.6) is 0 Å². The first-order valence-electron chi connectivity index (χ1n) is 6.65. The largest absolute Gasteiger partial charge is 0.333 e. The van der Waals surface area contributed by atoms with Crippen LogP contribution >= 0.6 is 11.8 Å². The van der Waals surface area contributed by atoms with E-state index >= 15 is 0 Å². The molecule has 22 heavy (non-hydrogen) atoms. The molecule has 0 amide bonds. The number of aromatic nitrogens is 5. The number of benzene rings is 2. The topological polar surface area (TPSA) is 76.5 Å². The molecule has 0 unspecified atom stereocenters. The quantitative estimate of drug-likeness (QED) is 0.575. The van der Waals surface area contributed by atoms with Crippen LogP contribution in [0.3, 0.4) is 0 Å². The van der Waals surface area contributed by atoms with Crippen LogP contribution in [-0.4, -0.2) is 31.0 Å². The maximum absolute atomic E-state index is 12.3. The molecule has 2 aromatic carbocycles. The summed E-state index contributed by atoms with van der Waals surface area (Å²) in [5.74, 6) is 0. The lowest BCUT2D eigenvalue weighted by Gasteiger charge is -2.05. The summed E-state index contributed by atoms with van der Waals surface area (Å²) in [4.78, 5) is 19.3. The Kier molecular flexibility index (Phi) is 2.93. The van der Waals surface area contributed by atoms with Gasteiger partial charge in [0.05, 0.1) is 5.69 Å². The second kappa shape index (κ2) is 4.96. The molecule has 0 spiro atoms. The number of hydrogen-bond acceptors (Lipinski definition) is 5. The fourth-order valence-corrected chi connectivity index (χ4v) is 2.74. The number of imidazole rings is 1. The highest BCUT2D eigenvalue weighted by Gasteiger charge is 2.13. The summed E-state index contributed by atoms with van der Waals surface area (Å²) >= 11 is 1.39. The molecule has 108 valence electrons. The van der Waals surface area contributed by atoms with E-state index in [2.05, 4.69) is 20.2 Å². The molecule has 0 aliphatic heterocycles. The van der Waals surface area contributed by atoms with Crippen molar-refractivity contribution in [2.24, 2.45) is 0 Å². The zero-order valence-electron chi connectivity index (χ0n) is 11.6. The second-order valence-corrected chi connectivity index (χ2v) is 5.54. The zero-order chi connectivity index (χ0) is 15.1. The highest BCUT2D eigenvalue weighted by Crippen LogP contribution is 2.20. The van der Waals surface area contributed by atoms with E-state index in [-0.39, 0.29) is 5.69 Å². The molecular formula is C15H11N5OS. The summed E-state index contributed by atoms with van der Waals surface area (Å²) in [6, 6.07) is 13.9. The van der Waals surface area contributed by atoms with Crippen molar-refractivity contribution in [1.29, 1.82) is 0 Å². The number of nitrogens with zero attached hydrogens (tertiary/aromatic N) is 4. The summed E-state index contributed by atoms with van der Waals surface area (Å²) < 4.78 is 1.52. The highest BCUT2D eigenvalue weighted by atomic mass is 32.2. The van der Waals surface area contributed by atoms with E-state index in [0.717, 1.165) is 16.5 Å². The number of H-pyrrole nitrogens is 1. The Morgan fingerprint density at radius 3 is 2.73 bits per heavy atom. The van der Waals surface area contributed by atoms with Gasteiger partial charge in [-0.15, -0.1) is 10.2 Å². The number of thioether (sulfide) groups is 1. The van der Waals surface area contributed by atoms with Crippen molar-refractivity contribution in [3.63, 3.8) is 0 Å². The molecule has 0 saturated carbocycles. The van der Waals surface area contributed by atoms with Gasteiger partial charge in [-0.1, -0.05) is 42.1 Å². The van der Waals surface area contributed by atoms with E-state index < -0.39 is 0 Å². The second-order valence-electron chi connectivity index (χ2n) is 4.77. The van der Waals surface area contributed by atoms with Crippen LogP contribution in [0.15, 0.2) is 52.4 Å². The summed E-state index contributed by atoms with van der Waals surface area (Å²) in [5, 5.41) is 10.7. The molecule has 0 saturated heterocycles. The fraction of sp³-hybridized carbons (Fsp3) is 0.0667. The molecule has 0 bridgehead atoms. The smallest absolute Gasteiger partial charge is 0.287 e. The molecule has 2 aromatic heterocycles. The molecule has 0 atom stereocenters. The van der Waals surface area contributed by atoms with E-state index in [9.17, 15) is 4.79 Å². The molecule has 6 nitrogen and oxygen atoms in total. The van der Waals surface area contributed by atoms with E-state index in [1.807, 2.05) is 48.7 Å². The van der Waals surface area contributed by atoms with Crippen LogP contribution in [0.2, 0.25) is 0 Å². The molecule has 0 aliphatic rings. The molecule has 1 N–H and O–H groups in total. The minimum atomic E-state index is -0.273. The van der Waals surface area contributed by atoms with E-state index in [1.54, 1.807) is 0 Å². The fourth-order valence-electron chi connectivity index (χ4n) is 2.44. The van der Waals surface area contributed by atoms with Gasteiger partial charge in [0, 0.05) is 0 Å². The standard InChI is InChI=1S/C15H11N5OS/c1-22-14-17-13-12(18-19-14)16-15(21)20(13)11-7-6-9-4-2-3-5-10(9)8-11/h2-8H,1H3,(H,16,18,21). The van der Waals surface area contributed by atoms with Gasteiger partial charge in [-0.05, 0) is 29.2 Å². The average molecular weight is 309 g/mol. The van der Waals surface area contributed by atoms with Crippen LogP contribution < -0.4 is 5.69 Å². The van der Waals surface area contributed by atoms with Gasteiger partial charge >= 0.3 is 5.69 Å². The first-order chi connectivity index (χ1) is 10.8. The minimum absolute atomic E-state index is 0.273. The predicted molar refractivity (Wildman–Crippen MR) is 86.6 cm³/mol. The van der Waals surface area contributed by atoms with Gasteiger partial charge in [0.15, 0.2) is 5.65 Å². The lowest BCUT2D eigenvalue weighted by atomic mass is 10.1. The van der Waals surface area contributed by atoms with Crippen molar-refractivity contribution >= 4 is 33.8 Å². The van der Waals surface area contributed by atoms with Crippen molar-refractivity contribution in [3.8, 4) is 5.69 Å². The Balaban J connectivity index is 2.02. The maximum atomic E-state index is 12.3. The monoisotopic (exact) mass is 309 g/mol. The minimum Gasteiger partial charge on any atom is -0.287 e. The molecule has 4 rings (SSSR count). The normalized spacial score (nSPS) is 11.3. The molecule has 0 aliphatic carbocycles. The number of fused-ring (bicyclic) bond motifs is 2. The van der Waals surface area contributed by atoms with Gasteiger partial charge < -0.3 is 0 Å². The number of hydrogen-bond donors (Lipinski definition) is 1. The van der Waals surface area contributed by atoms with E-state index in [0.29, 0.717) is 16.5 Å². The summed E-state index contributed by atoms with van der Waals surface area (Å²) in [7, 11) is 0. The average Bonchev–Trinajstić information content (AvgIpc) is 2.89. The Hall–Kier alpha value is -2.67. The van der Waals surface area contributed by atoms with E-state index in [1.165, 1.54) is 16.3 Å².